The molecular formula is C16H22N2O2S. The Morgan fingerprint density at radius 3 is 2.48 bits per heavy atom. The Hall–Kier alpha value is -1.59. The lowest BCUT2D eigenvalue weighted by atomic mass is 10.1. The van der Waals surface area contributed by atoms with E-state index < -0.39 is 10.0 Å². The van der Waals surface area contributed by atoms with Gasteiger partial charge >= 0.3 is 0 Å². The van der Waals surface area contributed by atoms with Crippen molar-refractivity contribution in [3.63, 3.8) is 0 Å². The van der Waals surface area contributed by atoms with E-state index in [4.69, 9.17) is 5.73 Å². The van der Waals surface area contributed by atoms with Gasteiger partial charge in [-0.2, -0.15) is 0 Å². The predicted molar refractivity (Wildman–Crippen MR) is 89.0 cm³/mol. The summed E-state index contributed by atoms with van der Waals surface area (Å²) >= 11 is 0. The van der Waals surface area contributed by atoms with E-state index in [1.165, 1.54) is 4.31 Å². The smallest absolute Gasteiger partial charge is 0.235 e. The monoisotopic (exact) mass is 306 g/mol. The first-order valence-electron chi connectivity index (χ1n) is 7.28. The van der Waals surface area contributed by atoms with Crippen LogP contribution in [-0.4, -0.2) is 27.3 Å². The molecule has 2 rings (SSSR count). The van der Waals surface area contributed by atoms with E-state index >= 15 is 0 Å². The molecule has 2 aromatic rings. The van der Waals surface area contributed by atoms with Crippen molar-refractivity contribution in [2.75, 3.05) is 23.1 Å². The van der Waals surface area contributed by atoms with Gasteiger partial charge in [-0.3, -0.25) is 4.31 Å². The third-order valence-corrected chi connectivity index (χ3v) is 5.45. The maximum Gasteiger partial charge on any atom is 0.235 e. The zero-order valence-electron chi connectivity index (χ0n) is 12.3. The fourth-order valence-electron chi connectivity index (χ4n) is 2.48. The van der Waals surface area contributed by atoms with Gasteiger partial charge in [0.1, 0.15) is 0 Å². The van der Waals surface area contributed by atoms with Crippen LogP contribution in [-0.2, 0) is 10.0 Å². The van der Waals surface area contributed by atoms with Gasteiger partial charge in [0, 0.05) is 11.9 Å². The van der Waals surface area contributed by atoms with E-state index in [9.17, 15) is 8.42 Å². The van der Waals surface area contributed by atoms with Gasteiger partial charge in [0.15, 0.2) is 0 Å². The number of anilines is 1. The first-order valence-corrected chi connectivity index (χ1v) is 8.89. The van der Waals surface area contributed by atoms with Crippen molar-refractivity contribution in [2.45, 2.75) is 19.8 Å². The van der Waals surface area contributed by atoms with Crippen LogP contribution in [0.15, 0.2) is 42.5 Å². The molecule has 5 heteroatoms. The van der Waals surface area contributed by atoms with E-state index in [0.717, 1.165) is 22.9 Å². The van der Waals surface area contributed by atoms with Crippen LogP contribution in [0.25, 0.3) is 10.8 Å². The Kier molecular flexibility index (Phi) is 5.20. The zero-order valence-corrected chi connectivity index (χ0v) is 13.1. The number of rotatable bonds is 7. The molecule has 0 spiro atoms. The second-order valence-electron chi connectivity index (χ2n) is 4.97. The number of hydrogen-bond donors (Lipinski definition) is 1. The van der Waals surface area contributed by atoms with Crippen LogP contribution in [0.4, 0.5) is 5.69 Å². The minimum atomic E-state index is -3.31. The maximum absolute atomic E-state index is 12.6. The average Bonchev–Trinajstić information content (AvgIpc) is 2.48. The molecule has 0 aliphatic carbocycles. The van der Waals surface area contributed by atoms with Crippen molar-refractivity contribution in [3.05, 3.63) is 42.5 Å². The summed E-state index contributed by atoms with van der Waals surface area (Å²) in [7, 11) is -3.31. The van der Waals surface area contributed by atoms with Crippen LogP contribution in [0, 0.1) is 0 Å². The fourth-order valence-corrected chi connectivity index (χ4v) is 4.12. The van der Waals surface area contributed by atoms with E-state index in [1.807, 2.05) is 49.4 Å². The molecule has 114 valence electrons. The van der Waals surface area contributed by atoms with Gasteiger partial charge in [-0.15, -0.1) is 0 Å². The second-order valence-corrected chi connectivity index (χ2v) is 6.99. The molecule has 2 N–H and O–H groups in total. The molecule has 0 aromatic heterocycles. The summed E-state index contributed by atoms with van der Waals surface area (Å²) in [5, 5.41) is 2.01. The minimum Gasteiger partial charge on any atom is -0.330 e. The quantitative estimate of drug-likeness (QED) is 0.800. The summed E-state index contributed by atoms with van der Waals surface area (Å²) in [5.74, 6) is 0.140. The Morgan fingerprint density at radius 1 is 1.05 bits per heavy atom. The molecule has 0 radical (unpaired) electrons. The van der Waals surface area contributed by atoms with Crippen LogP contribution in [0.5, 0.6) is 0 Å². The number of sulfonamides is 1. The molecule has 4 nitrogen and oxygen atoms in total. The lowest BCUT2D eigenvalue weighted by Crippen LogP contribution is -2.33. The van der Waals surface area contributed by atoms with Gasteiger partial charge in [-0.25, -0.2) is 8.42 Å². The highest BCUT2D eigenvalue weighted by molar-refractivity contribution is 7.92. The molecule has 2 aromatic carbocycles. The number of hydrogen-bond acceptors (Lipinski definition) is 3. The summed E-state index contributed by atoms with van der Waals surface area (Å²) in [4.78, 5) is 0. The van der Waals surface area contributed by atoms with E-state index in [1.54, 1.807) is 0 Å². The molecule has 0 unspecified atom stereocenters. The second kappa shape index (κ2) is 6.91. The standard InChI is InChI=1S/C16H22N2O2S/c1-2-18(21(19,20)13-6-5-12-17)16-11-7-9-14-8-3-4-10-15(14)16/h3-4,7-11H,2,5-6,12-13,17H2,1H3. The van der Waals surface area contributed by atoms with Crippen molar-refractivity contribution in [1.29, 1.82) is 0 Å². The molecule has 0 fully saturated rings. The summed E-state index contributed by atoms with van der Waals surface area (Å²) < 4.78 is 26.6. The normalized spacial score (nSPS) is 11.7. The van der Waals surface area contributed by atoms with Crippen molar-refractivity contribution < 1.29 is 8.42 Å². The summed E-state index contributed by atoms with van der Waals surface area (Å²) in [6.45, 7) is 2.82. The van der Waals surface area contributed by atoms with Crippen molar-refractivity contribution in [2.24, 2.45) is 5.73 Å². The highest BCUT2D eigenvalue weighted by atomic mass is 32.2. The predicted octanol–water partition coefficient (Wildman–Crippen LogP) is 2.73. The molecule has 0 amide bonds. The molecule has 0 bridgehead atoms. The van der Waals surface area contributed by atoms with Crippen molar-refractivity contribution in [3.8, 4) is 0 Å². The van der Waals surface area contributed by atoms with Gasteiger partial charge in [0.2, 0.25) is 10.0 Å². The van der Waals surface area contributed by atoms with Gasteiger partial charge in [-0.1, -0.05) is 36.4 Å². The lowest BCUT2D eigenvalue weighted by molar-refractivity contribution is 0.588. The van der Waals surface area contributed by atoms with E-state index in [-0.39, 0.29) is 5.75 Å². The average molecular weight is 306 g/mol. The molecule has 0 heterocycles. The Labute approximate surface area is 126 Å². The molecule has 0 aliphatic rings. The molecular weight excluding hydrogens is 284 g/mol. The Balaban J connectivity index is 2.40. The molecule has 0 atom stereocenters. The largest absolute Gasteiger partial charge is 0.330 e. The van der Waals surface area contributed by atoms with Gasteiger partial charge in [0.05, 0.1) is 11.4 Å². The number of nitrogens with two attached hydrogens (primary N) is 1. The molecule has 21 heavy (non-hydrogen) atoms. The lowest BCUT2D eigenvalue weighted by Gasteiger charge is -2.24. The van der Waals surface area contributed by atoms with Crippen LogP contribution < -0.4 is 10.0 Å². The molecule has 0 aliphatic heterocycles. The number of fused-ring (bicyclic) bond motifs is 1. The van der Waals surface area contributed by atoms with Gasteiger partial charge < -0.3 is 5.73 Å². The molecule has 0 saturated heterocycles. The summed E-state index contributed by atoms with van der Waals surface area (Å²) in [5.41, 5.74) is 6.20. The highest BCUT2D eigenvalue weighted by Gasteiger charge is 2.21. The Morgan fingerprint density at radius 2 is 1.76 bits per heavy atom. The highest BCUT2D eigenvalue weighted by Crippen LogP contribution is 2.28. The SMILES string of the molecule is CCN(c1cccc2ccccc12)S(=O)(=O)CCCCN. The third kappa shape index (κ3) is 3.54. The fraction of sp³-hybridized carbons (Fsp3) is 0.375. The van der Waals surface area contributed by atoms with Gasteiger partial charge in [0.25, 0.3) is 0 Å². The Bertz CT molecular complexity index is 693. The van der Waals surface area contributed by atoms with Crippen LogP contribution in [0.1, 0.15) is 19.8 Å². The topological polar surface area (TPSA) is 63.4 Å². The van der Waals surface area contributed by atoms with E-state index in [2.05, 4.69) is 0 Å². The van der Waals surface area contributed by atoms with Gasteiger partial charge in [-0.05, 0) is 37.8 Å². The molecule has 0 saturated carbocycles. The number of benzene rings is 2. The summed E-state index contributed by atoms with van der Waals surface area (Å²) in [6.07, 6.45) is 1.33. The van der Waals surface area contributed by atoms with Crippen molar-refractivity contribution >= 4 is 26.5 Å². The van der Waals surface area contributed by atoms with Crippen LogP contribution in [0.2, 0.25) is 0 Å². The first kappa shape index (κ1) is 15.8. The van der Waals surface area contributed by atoms with E-state index in [0.29, 0.717) is 19.5 Å². The first-order chi connectivity index (χ1) is 10.1. The minimum absolute atomic E-state index is 0.140. The zero-order chi connectivity index (χ0) is 15.3. The van der Waals surface area contributed by atoms with Crippen molar-refractivity contribution in [1.82, 2.24) is 0 Å². The number of unbranched alkanes of at least 4 members (excludes halogenated alkanes) is 1. The maximum atomic E-state index is 12.6. The summed E-state index contributed by atoms with van der Waals surface area (Å²) in [6, 6.07) is 13.6. The number of nitrogens with zero attached hydrogens (tertiary/aromatic N) is 1. The third-order valence-electron chi connectivity index (χ3n) is 3.51. The van der Waals surface area contributed by atoms with Crippen LogP contribution >= 0.6 is 0 Å². The van der Waals surface area contributed by atoms with Crippen LogP contribution in [0.3, 0.4) is 0 Å².